The maximum Gasteiger partial charge on any atom is 2.00 e. The van der Waals surface area contributed by atoms with Gasteiger partial charge in [-0.1, -0.05) is 6.07 Å². The van der Waals surface area contributed by atoms with Gasteiger partial charge in [-0.2, -0.15) is 0 Å². The van der Waals surface area contributed by atoms with E-state index >= 15 is 0 Å². The quantitative estimate of drug-likeness (QED) is 0.424. The van der Waals surface area contributed by atoms with Crippen LogP contribution in [0.1, 0.15) is 5.56 Å². The summed E-state index contributed by atoms with van der Waals surface area (Å²) in [5.41, 5.74) is 1.21. The molecule has 19 heavy (non-hydrogen) atoms. The molecule has 0 aromatic carbocycles. The topological polar surface area (TPSA) is 169 Å². The molecule has 5 N–H and O–H groups in total. The zero-order valence-corrected chi connectivity index (χ0v) is 12.5. The zero-order valence-electron chi connectivity index (χ0n) is 10.2. The van der Waals surface area contributed by atoms with Crippen molar-refractivity contribution in [3.8, 4) is 0 Å². The summed E-state index contributed by atoms with van der Waals surface area (Å²) >= 11 is 0. The Morgan fingerprint density at radius 3 is 1.68 bits per heavy atom. The number of hydrogen-bond donors (Lipinski definition) is 3. The minimum absolute atomic E-state index is 0. The number of aliphatic carboxylic acids is 2. The molecule has 1 heterocycles. The van der Waals surface area contributed by atoms with Crippen LogP contribution in [0.4, 0.5) is 0 Å². The third kappa shape index (κ3) is 31.5. The number of nitrogens with zero attached hydrogens (tertiary/aromatic N) is 1. The minimum Gasteiger partial charge on any atom is -0.548 e. The van der Waals surface area contributed by atoms with Crippen molar-refractivity contribution in [2.24, 2.45) is 0 Å². The molecule has 9 heteroatoms. The summed E-state index contributed by atoms with van der Waals surface area (Å²) in [6.07, 6.45) is 3.60. The molecule has 1 rings (SSSR count). The number of rotatable bonds is 2. The van der Waals surface area contributed by atoms with Gasteiger partial charge in [-0.05, 0) is 18.6 Å². The molecule has 0 aliphatic carbocycles. The first-order valence-electron chi connectivity index (χ1n) is 4.42. The van der Waals surface area contributed by atoms with Gasteiger partial charge in [0.2, 0.25) is 0 Å². The number of carboxylic acids is 2. The summed E-state index contributed by atoms with van der Waals surface area (Å²) < 4.78 is 0. The summed E-state index contributed by atoms with van der Waals surface area (Å²) in [6.45, 7) is 0.243. The fourth-order valence-corrected chi connectivity index (χ4v) is 0.448. The maximum absolute atomic E-state index is 9.01. The van der Waals surface area contributed by atoms with Gasteiger partial charge in [-0.15, -0.1) is 0 Å². The van der Waals surface area contributed by atoms with Crippen molar-refractivity contribution >= 4 is 11.9 Å². The minimum atomic E-state index is -1.44. The molecule has 0 radical (unpaired) electrons. The smallest absolute Gasteiger partial charge is 0.548 e. The van der Waals surface area contributed by atoms with Crippen molar-refractivity contribution in [2.75, 3.05) is 13.2 Å². The molecule has 0 aliphatic heterocycles. The van der Waals surface area contributed by atoms with Crippen LogP contribution < -0.4 is 16.4 Å². The molecule has 0 saturated carbocycles. The van der Waals surface area contributed by atoms with E-state index in [2.05, 4.69) is 4.98 Å². The van der Waals surface area contributed by atoms with Gasteiger partial charge < -0.3 is 36.2 Å². The molecule has 0 bridgehead atoms. The van der Waals surface area contributed by atoms with Crippen LogP contribution in [0.25, 0.3) is 0 Å². The molecule has 0 spiro atoms. The SMILES string of the molecule is Cc1cccnc1.N.O=C([O-])CO.O=C([O-])CO.[Pt+2]. The van der Waals surface area contributed by atoms with E-state index in [1.165, 1.54) is 5.56 Å². The molecule has 0 amide bonds. The number of pyridine rings is 1. The number of hydrogen-bond acceptors (Lipinski definition) is 8. The Bertz CT molecular complexity index is 309. The van der Waals surface area contributed by atoms with E-state index in [1.807, 2.05) is 25.3 Å². The summed E-state index contributed by atoms with van der Waals surface area (Å²) in [7, 11) is 0. The predicted octanol–water partition coefficient (Wildman–Crippen LogP) is -2.99. The number of aliphatic hydroxyl groups is 2. The number of aromatic nitrogens is 1. The second-order valence-electron chi connectivity index (χ2n) is 2.59. The molecular weight excluding hydrogens is 439 g/mol. The monoisotopic (exact) mass is 455 g/mol. The van der Waals surface area contributed by atoms with Gasteiger partial charge in [0.15, 0.2) is 0 Å². The number of carbonyl (C=O) groups excluding carboxylic acids is 2. The summed E-state index contributed by atoms with van der Waals surface area (Å²) in [6, 6.07) is 3.95. The van der Waals surface area contributed by atoms with Crippen LogP contribution in [-0.4, -0.2) is 40.3 Å². The third-order valence-corrected chi connectivity index (χ3v) is 1.07. The van der Waals surface area contributed by atoms with Crippen molar-refractivity contribution < 1.29 is 51.1 Å². The van der Waals surface area contributed by atoms with E-state index in [1.54, 1.807) is 6.20 Å². The summed E-state index contributed by atoms with van der Waals surface area (Å²) in [5, 5.41) is 33.0. The molecule has 0 atom stereocenters. The Kier molecular flexibility index (Phi) is 26.3. The standard InChI is InChI=1S/C6H7N.2C2H4O3.H3N.Pt/c1-6-3-2-4-7-5-6;2*3-1-2(4)5;;/h2-5H,1H3;2*3H,1H2,(H,4,5);1H3;/q;;;;+2/p-2. The van der Waals surface area contributed by atoms with Gasteiger partial charge in [-0.3, -0.25) is 4.98 Å². The van der Waals surface area contributed by atoms with E-state index in [4.69, 9.17) is 30.0 Å². The van der Waals surface area contributed by atoms with Crippen molar-refractivity contribution in [1.29, 1.82) is 0 Å². The van der Waals surface area contributed by atoms with Crippen LogP contribution >= 0.6 is 0 Å². The van der Waals surface area contributed by atoms with Gasteiger partial charge in [0.25, 0.3) is 0 Å². The predicted molar refractivity (Wildman–Crippen MR) is 58.2 cm³/mol. The number of carboxylic acid groups (broad SMARTS) is 2. The normalized spacial score (nSPS) is 7.11. The summed E-state index contributed by atoms with van der Waals surface area (Å²) in [5.74, 6) is -2.88. The second-order valence-corrected chi connectivity index (χ2v) is 2.59. The fourth-order valence-electron chi connectivity index (χ4n) is 0.448. The molecule has 8 nitrogen and oxygen atoms in total. The van der Waals surface area contributed by atoms with E-state index < -0.39 is 25.2 Å². The average Bonchev–Trinajstić information content (AvgIpc) is 2.31. The van der Waals surface area contributed by atoms with Crippen molar-refractivity contribution in [3.05, 3.63) is 30.1 Å². The van der Waals surface area contributed by atoms with E-state index in [0.29, 0.717) is 0 Å². The molecule has 0 fully saturated rings. The Hall–Kier alpha value is -1.34. The second kappa shape index (κ2) is 19.0. The van der Waals surface area contributed by atoms with Crippen molar-refractivity contribution in [3.63, 3.8) is 0 Å². The molecular formula is C10H16N2O6Pt. The van der Waals surface area contributed by atoms with Crippen molar-refractivity contribution in [1.82, 2.24) is 11.1 Å². The van der Waals surface area contributed by atoms with Crippen LogP contribution in [0.3, 0.4) is 0 Å². The van der Waals surface area contributed by atoms with Crippen LogP contribution in [0.5, 0.6) is 0 Å². The average molecular weight is 455 g/mol. The largest absolute Gasteiger partial charge is 2.00 e. The first-order chi connectivity index (χ1) is 7.93. The van der Waals surface area contributed by atoms with E-state index in [9.17, 15) is 0 Å². The molecule has 0 saturated heterocycles. The third-order valence-electron chi connectivity index (χ3n) is 1.07. The van der Waals surface area contributed by atoms with E-state index in [0.717, 1.165) is 0 Å². The van der Waals surface area contributed by atoms with Gasteiger partial charge in [-0.25, -0.2) is 0 Å². The molecule has 112 valence electrons. The number of aliphatic hydroxyl groups excluding tert-OH is 2. The Labute approximate surface area is 125 Å². The molecule has 1 aromatic heterocycles. The zero-order chi connectivity index (χ0) is 13.7. The van der Waals surface area contributed by atoms with Crippen LogP contribution in [0.2, 0.25) is 0 Å². The first kappa shape index (κ1) is 26.3. The summed E-state index contributed by atoms with van der Waals surface area (Å²) in [4.78, 5) is 21.9. The Morgan fingerprint density at radius 1 is 1.21 bits per heavy atom. The fraction of sp³-hybridized carbons (Fsp3) is 0.300. The van der Waals surface area contributed by atoms with E-state index in [-0.39, 0.29) is 27.2 Å². The molecule has 0 aliphatic rings. The molecule has 1 aromatic rings. The Balaban J connectivity index is -0.0000000866. The van der Waals surface area contributed by atoms with Gasteiger partial charge in [0.05, 0.1) is 25.2 Å². The van der Waals surface area contributed by atoms with Crippen LogP contribution in [-0.2, 0) is 30.7 Å². The van der Waals surface area contributed by atoms with Gasteiger partial charge in [0, 0.05) is 12.4 Å². The van der Waals surface area contributed by atoms with Crippen molar-refractivity contribution in [2.45, 2.75) is 6.92 Å². The van der Waals surface area contributed by atoms with Gasteiger partial charge in [0.1, 0.15) is 0 Å². The van der Waals surface area contributed by atoms with Gasteiger partial charge >= 0.3 is 21.1 Å². The van der Waals surface area contributed by atoms with Crippen LogP contribution in [0, 0.1) is 6.92 Å². The Morgan fingerprint density at radius 2 is 1.58 bits per heavy atom. The van der Waals surface area contributed by atoms with Crippen LogP contribution in [0.15, 0.2) is 24.5 Å². The number of carbonyl (C=O) groups is 2. The molecule has 0 unspecified atom stereocenters. The number of aryl methyl sites for hydroxylation is 1. The first-order valence-corrected chi connectivity index (χ1v) is 4.42. The maximum atomic E-state index is 9.01.